The van der Waals surface area contributed by atoms with Crippen molar-refractivity contribution in [1.29, 1.82) is 0 Å². The summed E-state index contributed by atoms with van der Waals surface area (Å²) in [5.74, 6) is 0. The van der Waals surface area contributed by atoms with Crippen LogP contribution in [0.4, 0.5) is 0 Å². The number of nitrogens with zero attached hydrogens (tertiary/aromatic N) is 1. The number of hydrogen-bond donors (Lipinski definition) is 1. The molecule has 2 heteroatoms. The summed E-state index contributed by atoms with van der Waals surface area (Å²) in [5, 5.41) is 0. The first-order valence-corrected chi connectivity index (χ1v) is 6.36. The fourth-order valence-corrected chi connectivity index (χ4v) is 2.99. The topological polar surface area (TPSA) is 29.3 Å². The second kappa shape index (κ2) is 5.13. The van der Waals surface area contributed by atoms with E-state index in [1.165, 1.54) is 64.5 Å². The van der Waals surface area contributed by atoms with Crippen LogP contribution < -0.4 is 5.73 Å². The van der Waals surface area contributed by atoms with Crippen molar-refractivity contribution < 1.29 is 0 Å². The van der Waals surface area contributed by atoms with E-state index in [9.17, 15) is 0 Å². The van der Waals surface area contributed by atoms with Crippen LogP contribution in [0.5, 0.6) is 0 Å². The first-order valence-electron chi connectivity index (χ1n) is 6.36. The summed E-state index contributed by atoms with van der Waals surface area (Å²) in [6.45, 7) is 2.66. The molecule has 2 rings (SSSR count). The van der Waals surface area contributed by atoms with Gasteiger partial charge in [0, 0.05) is 12.1 Å². The van der Waals surface area contributed by atoms with Crippen molar-refractivity contribution in [2.24, 2.45) is 5.73 Å². The molecular weight excluding hydrogens is 172 g/mol. The molecule has 2 aliphatic rings. The Bertz CT molecular complexity index is 162. The zero-order valence-electron chi connectivity index (χ0n) is 9.25. The van der Waals surface area contributed by atoms with Gasteiger partial charge in [-0.1, -0.05) is 19.3 Å². The van der Waals surface area contributed by atoms with Gasteiger partial charge in [-0.2, -0.15) is 0 Å². The Morgan fingerprint density at radius 1 is 0.857 bits per heavy atom. The van der Waals surface area contributed by atoms with Crippen molar-refractivity contribution in [3.8, 4) is 0 Å². The van der Waals surface area contributed by atoms with Crippen molar-refractivity contribution in [2.75, 3.05) is 13.1 Å². The second-order valence-corrected chi connectivity index (χ2v) is 5.03. The SMILES string of the molecule is NC1CCCC(N2CCCCCC2)C1. The van der Waals surface area contributed by atoms with Gasteiger partial charge in [0.1, 0.15) is 0 Å². The maximum atomic E-state index is 6.04. The predicted octanol–water partition coefficient (Wildman–Crippen LogP) is 2.13. The summed E-state index contributed by atoms with van der Waals surface area (Å²) in [4.78, 5) is 2.71. The molecule has 0 radical (unpaired) electrons. The van der Waals surface area contributed by atoms with Gasteiger partial charge in [0.15, 0.2) is 0 Å². The molecule has 0 bridgehead atoms. The molecule has 0 aromatic carbocycles. The van der Waals surface area contributed by atoms with Gasteiger partial charge in [0.05, 0.1) is 0 Å². The number of hydrogen-bond acceptors (Lipinski definition) is 2. The number of nitrogens with two attached hydrogens (primary N) is 1. The third-order valence-corrected chi connectivity index (χ3v) is 3.84. The zero-order chi connectivity index (χ0) is 9.80. The van der Waals surface area contributed by atoms with E-state index < -0.39 is 0 Å². The molecule has 0 aromatic heterocycles. The third-order valence-electron chi connectivity index (χ3n) is 3.84. The molecule has 1 heterocycles. The largest absolute Gasteiger partial charge is 0.328 e. The highest BCUT2D eigenvalue weighted by molar-refractivity contribution is 4.82. The van der Waals surface area contributed by atoms with Gasteiger partial charge in [-0.3, -0.25) is 0 Å². The highest BCUT2D eigenvalue weighted by Crippen LogP contribution is 2.24. The van der Waals surface area contributed by atoms with Crippen LogP contribution in [-0.4, -0.2) is 30.1 Å². The van der Waals surface area contributed by atoms with Crippen LogP contribution in [0.15, 0.2) is 0 Å². The Kier molecular flexibility index (Phi) is 3.82. The number of likely N-dealkylation sites (tertiary alicyclic amines) is 1. The van der Waals surface area contributed by atoms with E-state index in [4.69, 9.17) is 5.73 Å². The molecule has 82 valence electrons. The van der Waals surface area contributed by atoms with E-state index in [1.807, 2.05) is 0 Å². The molecular formula is C12H24N2. The smallest absolute Gasteiger partial charge is 0.0110 e. The van der Waals surface area contributed by atoms with E-state index in [0.717, 1.165) is 6.04 Å². The average Bonchev–Trinajstić information content (AvgIpc) is 2.45. The Balaban J connectivity index is 1.85. The van der Waals surface area contributed by atoms with Crippen LogP contribution in [-0.2, 0) is 0 Å². The summed E-state index contributed by atoms with van der Waals surface area (Å²) < 4.78 is 0. The maximum absolute atomic E-state index is 6.04. The fraction of sp³-hybridized carbons (Fsp3) is 1.00. The molecule has 1 aliphatic heterocycles. The average molecular weight is 196 g/mol. The van der Waals surface area contributed by atoms with E-state index in [0.29, 0.717) is 6.04 Å². The van der Waals surface area contributed by atoms with Gasteiger partial charge >= 0.3 is 0 Å². The van der Waals surface area contributed by atoms with Crippen molar-refractivity contribution in [3.05, 3.63) is 0 Å². The van der Waals surface area contributed by atoms with Gasteiger partial charge in [-0.25, -0.2) is 0 Å². The summed E-state index contributed by atoms with van der Waals surface area (Å²) in [7, 11) is 0. The highest BCUT2D eigenvalue weighted by Gasteiger charge is 2.24. The van der Waals surface area contributed by atoms with Gasteiger partial charge in [-0.05, 0) is 45.2 Å². The molecule has 1 saturated carbocycles. The van der Waals surface area contributed by atoms with Crippen LogP contribution >= 0.6 is 0 Å². The summed E-state index contributed by atoms with van der Waals surface area (Å²) in [6, 6.07) is 1.30. The lowest BCUT2D eigenvalue weighted by Crippen LogP contribution is -2.42. The molecule has 1 aliphatic carbocycles. The van der Waals surface area contributed by atoms with Crippen molar-refractivity contribution in [2.45, 2.75) is 63.5 Å². The van der Waals surface area contributed by atoms with Crippen LogP contribution in [0.3, 0.4) is 0 Å². The molecule has 2 fully saturated rings. The zero-order valence-corrected chi connectivity index (χ0v) is 9.25. The molecule has 0 amide bonds. The molecule has 0 aromatic rings. The van der Waals surface area contributed by atoms with E-state index in [1.54, 1.807) is 0 Å². The standard InChI is InChI=1S/C12H24N2/c13-11-6-5-7-12(10-11)14-8-3-1-2-4-9-14/h11-12H,1-10,13H2. The lowest BCUT2D eigenvalue weighted by atomic mass is 9.90. The normalized spacial score (nSPS) is 36.6. The van der Waals surface area contributed by atoms with Crippen LogP contribution in [0.2, 0.25) is 0 Å². The van der Waals surface area contributed by atoms with Gasteiger partial charge in [-0.15, -0.1) is 0 Å². The number of rotatable bonds is 1. The molecule has 0 spiro atoms. The van der Waals surface area contributed by atoms with Crippen LogP contribution in [0, 0.1) is 0 Å². The minimum Gasteiger partial charge on any atom is -0.328 e. The first kappa shape index (κ1) is 10.4. The Morgan fingerprint density at radius 3 is 2.21 bits per heavy atom. The minimum absolute atomic E-state index is 0.483. The molecule has 2 nitrogen and oxygen atoms in total. The summed E-state index contributed by atoms with van der Waals surface area (Å²) in [6.07, 6.45) is 10.9. The minimum atomic E-state index is 0.483. The second-order valence-electron chi connectivity index (χ2n) is 5.03. The molecule has 2 atom stereocenters. The first-order chi connectivity index (χ1) is 6.86. The quantitative estimate of drug-likeness (QED) is 0.696. The Hall–Kier alpha value is -0.0800. The van der Waals surface area contributed by atoms with Crippen molar-refractivity contribution in [3.63, 3.8) is 0 Å². The third kappa shape index (κ3) is 2.71. The molecule has 2 unspecified atom stereocenters. The summed E-state index contributed by atoms with van der Waals surface area (Å²) in [5.41, 5.74) is 6.04. The lowest BCUT2D eigenvalue weighted by Gasteiger charge is -2.35. The lowest BCUT2D eigenvalue weighted by molar-refractivity contribution is 0.152. The van der Waals surface area contributed by atoms with Gasteiger partial charge < -0.3 is 10.6 Å². The van der Waals surface area contributed by atoms with Crippen molar-refractivity contribution in [1.82, 2.24) is 4.90 Å². The molecule has 2 N–H and O–H groups in total. The maximum Gasteiger partial charge on any atom is 0.0110 e. The van der Waals surface area contributed by atoms with Gasteiger partial charge in [0.2, 0.25) is 0 Å². The highest BCUT2D eigenvalue weighted by atomic mass is 15.2. The van der Waals surface area contributed by atoms with Gasteiger partial charge in [0.25, 0.3) is 0 Å². The van der Waals surface area contributed by atoms with E-state index >= 15 is 0 Å². The van der Waals surface area contributed by atoms with Crippen LogP contribution in [0.25, 0.3) is 0 Å². The van der Waals surface area contributed by atoms with Crippen LogP contribution in [0.1, 0.15) is 51.4 Å². The summed E-state index contributed by atoms with van der Waals surface area (Å²) >= 11 is 0. The Labute approximate surface area is 87.8 Å². The monoisotopic (exact) mass is 196 g/mol. The van der Waals surface area contributed by atoms with E-state index in [-0.39, 0.29) is 0 Å². The fourth-order valence-electron chi connectivity index (χ4n) is 2.99. The predicted molar refractivity (Wildman–Crippen MR) is 60.3 cm³/mol. The van der Waals surface area contributed by atoms with E-state index in [2.05, 4.69) is 4.90 Å². The van der Waals surface area contributed by atoms with Crippen molar-refractivity contribution >= 4 is 0 Å². The molecule has 1 saturated heterocycles. The Morgan fingerprint density at radius 2 is 1.57 bits per heavy atom. The molecule has 14 heavy (non-hydrogen) atoms.